The summed E-state index contributed by atoms with van der Waals surface area (Å²) in [5, 5.41) is 16.5. The Morgan fingerprint density at radius 3 is 1.69 bits per heavy atom. The summed E-state index contributed by atoms with van der Waals surface area (Å²) in [5.74, 6) is 0. The number of nitrogens with one attached hydrogen (secondary N) is 2. The van der Waals surface area contributed by atoms with Crippen LogP contribution in [0.25, 0.3) is 0 Å². The zero-order valence-corrected chi connectivity index (χ0v) is 14.9. The Morgan fingerprint density at radius 1 is 0.923 bits per heavy atom. The lowest BCUT2D eigenvalue weighted by Crippen LogP contribution is -2.27. The molecule has 2 aromatic rings. The molecule has 0 aromatic heterocycles. The van der Waals surface area contributed by atoms with Crippen LogP contribution in [0.4, 0.5) is 21.0 Å². The molecule has 7 nitrogen and oxygen atoms in total. The van der Waals surface area contributed by atoms with Gasteiger partial charge in [0.25, 0.3) is 0 Å². The van der Waals surface area contributed by atoms with E-state index in [0.717, 1.165) is 0 Å². The van der Waals surface area contributed by atoms with Crippen molar-refractivity contribution < 1.29 is 24.2 Å². The molecule has 0 unspecified atom stereocenters. The van der Waals surface area contributed by atoms with Crippen molar-refractivity contribution in [1.29, 1.82) is 0 Å². The van der Waals surface area contributed by atoms with Crippen LogP contribution in [0.15, 0.2) is 48.5 Å². The van der Waals surface area contributed by atoms with Crippen LogP contribution < -0.4 is 10.6 Å². The van der Waals surface area contributed by atoms with Crippen molar-refractivity contribution in [3.8, 4) is 0 Å². The molecule has 2 rings (SSSR count). The van der Waals surface area contributed by atoms with E-state index >= 15 is 0 Å². The molecule has 0 aliphatic rings. The standard InChI is InChI=1S/C19H22N2O5/c1-4-19(24,13-7-5-9-15(11-13)20-17(22)25-2)14-8-6-10-16(12-14)21-18(23)26-3/h5-12,24H,4H2,1-3H3,(H,20,22)(H,21,23). The minimum absolute atomic E-state index is 0.385. The number of amides is 2. The number of ether oxygens (including phenoxy) is 2. The Bertz CT molecular complexity index is 730. The zero-order chi connectivity index (χ0) is 19.2. The zero-order valence-electron chi connectivity index (χ0n) is 14.9. The van der Waals surface area contributed by atoms with Gasteiger partial charge in [0.15, 0.2) is 0 Å². The summed E-state index contributed by atoms with van der Waals surface area (Å²) in [5.41, 5.74) is 0.908. The first kappa shape index (κ1) is 19.3. The molecular formula is C19H22N2O5. The number of hydrogen-bond donors (Lipinski definition) is 3. The SMILES string of the molecule is CCC(O)(c1cccc(NC(=O)OC)c1)c1cccc(NC(=O)OC)c1. The average Bonchev–Trinajstić information content (AvgIpc) is 2.67. The van der Waals surface area contributed by atoms with Crippen LogP contribution in [-0.4, -0.2) is 31.5 Å². The Kier molecular flexibility index (Phi) is 6.19. The highest BCUT2D eigenvalue weighted by Gasteiger charge is 2.30. The topological polar surface area (TPSA) is 96.9 Å². The largest absolute Gasteiger partial charge is 0.453 e. The molecule has 0 saturated heterocycles. The lowest BCUT2D eigenvalue weighted by atomic mass is 9.84. The fourth-order valence-electron chi connectivity index (χ4n) is 2.62. The van der Waals surface area contributed by atoms with Crippen LogP contribution in [0, 0.1) is 0 Å². The smallest absolute Gasteiger partial charge is 0.411 e. The predicted molar refractivity (Wildman–Crippen MR) is 98.2 cm³/mol. The van der Waals surface area contributed by atoms with Crippen LogP contribution in [0.2, 0.25) is 0 Å². The molecule has 2 amide bonds. The lowest BCUT2D eigenvalue weighted by Gasteiger charge is -2.29. The molecule has 0 heterocycles. The van der Waals surface area contributed by atoms with E-state index in [0.29, 0.717) is 28.9 Å². The minimum atomic E-state index is -1.30. The molecule has 0 aliphatic carbocycles. The van der Waals surface area contributed by atoms with Gasteiger partial charge < -0.3 is 14.6 Å². The van der Waals surface area contributed by atoms with Gasteiger partial charge in [-0.3, -0.25) is 10.6 Å². The van der Waals surface area contributed by atoms with E-state index in [2.05, 4.69) is 20.1 Å². The summed E-state index contributed by atoms with van der Waals surface area (Å²) in [7, 11) is 2.56. The van der Waals surface area contributed by atoms with Gasteiger partial charge in [-0.05, 0) is 41.8 Å². The molecule has 0 radical (unpaired) electrons. The maximum atomic E-state index is 11.4. The Labute approximate surface area is 151 Å². The molecule has 2 aromatic carbocycles. The monoisotopic (exact) mass is 358 g/mol. The van der Waals surface area contributed by atoms with Crippen molar-refractivity contribution in [3.05, 3.63) is 59.7 Å². The number of hydrogen-bond acceptors (Lipinski definition) is 5. The molecule has 0 bridgehead atoms. The van der Waals surface area contributed by atoms with Crippen LogP contribution in [-0.2, 0) is 15.1 Å². The molecule has 0 spiro atoms. The number of rotatable bonds is 5. The number of methoxy groups -OCH3 is 2. The second-order valence-electron chi connectivity index (χ2n) is 5.61. The summed E-state index contributed by atoms with van der Waals surface area (Å²) in [6.07, 6.45) is -0.797. The third-order valence-corrected chi connectivity index (χ3v) is 4.06. The van der Waals surface area contributed by atoms with E-state index in [4.69, 9.17) is 0 Å². The molecule has 0 atom stereocenters. The van der Waals surface area contributed by atoms with E-state index in [1.54, 1.807) is 48.5 Å². The van der Waals surface area contributed by atoms with E-state index in [9.17, 15) is 14.7 Å². The highest BCUT2D eigenvalue weighted by Crippen LogP contribution is 2.35. The highest BCUT2D eigenvalue weighted by molar-refractivity contribution is 5.85. The third kappa shape index (κ3) is 4.31. The normalized spacial score (nSPS) is 10.8. The number of carbonyl (C=O) groups is 2. The second kappa shape index (κ2) is 8.35. The first-order valence-corrected chi connectivity index (χ1v) is 8.06. The summed E-state index contributed by atoms with van der Waals surface area (Å²) >= 11 is 0. The van der Waals surface area contributed by atoms with Gasteiger partial charge in [0.2, 0.25) is 0 Å². The van der Waals surface area contributed by atoms with Gasteiger partial charge in [0, 0.05) is 11.4 Å². The van der Waals surface area contributed by atoms with Crippen LogP contribution in [0.5, 0.6) is 0 Å². The molecule has 0 aliphatic heterocycles. The van der Waals surface area contributed by atoms with Crippen LogP contribution in [0.3, 0.4) is 0 Å². The van der Waals surface area contributed by atoms with Crippen LogP contribution >= 0.6 is 0 Å². The molecule has 138 valence electrons. The average molecular weight is 358 g/mol. The van der Waals surface area contributed by atoms with Crippen molar-refractivity contribution in [2.75, 3.05) is 24.9 Å². The van der Waals surface area contributed by atoms with E-state index in [1.165, 1.54) is 14.2 Å². The maximum absolute atomic E-state index is 11.4. The van der Waals surface area contributed by atoms with E-state index < -0.39 is 17.8 Å². The van der Waals surface area contributed by atoms with Gasteiger partial charge in [-0.25, -0.2) is 9.59 Å². The molecule has 26 heavy (non-hydrogen) atoms. The Balaban J connectivity index is 2.39. The molecule has 3 N–H and O–H groups in total. The first-order chi connectivity index (χ1) is 12.4. The minimum Gasteiger partial charge on any atom is -0.453 e. The van der Waals surface area contributed by atoms with Crippen molar-refractivity contribution in [2.24, 2.45) is 0 Å². The van der Waals surface area contributed by atoms with Gasteiger partial charge in [0.05, 0.1) is 14.2 Å². The van der Waals surface area contributed by atoms with Gasteiger partial charge in [0.1, 0.15) is 5.60 Å². The van der Waals surface area contributed by atoms with E-state index in [-0.39, 0.29) is 0 Å². The van der Waals surface area contributed by atoms with Crippen molar-refractivity contribution in [1.82, 2.24) is 0 Å². The Hall–Kier alpha value is -3.06. The van der Waals surface area contributed by atoms with Gasteiger partial charge >= 0.3 is 12.2 Å². The summed E-state index contributed by atoms with van der Waals surface area (Å²) in [6.45, 7) is 1.85. The number of anilines is 2. The third-order valence-electron chi connectivity index (χ3n) is 4.06. The Morgan fingerprint density at radius 2 is 1.35 bits per heavy atom. The fraction of sp³-hybridized carbons (Fsp3) is 0.263. The van der Waals surface area contributed by atoms with Crippen molar-refractivity contribution in [3.63, 3.8) is 0 Å². The van der Waals surface area contributed by atoms with Crippen molar-refractivity contribution >= 4 is 23.6 Å². The molecule has 7 heteroatoms. The number of aliphatic hydroxyl groups is 1. The maximum Gasteiger partial charge on any atom is 0.411 e. The fourth-order valence-corrected chi connectivity index (χ4v) is 2.62. The van der Waals surface area contributed by atoms with E-state index in [1.807, 2.05) is 6.92 Å². The lowest BCUT2D eigenvalue weighted by molar-refractivity contribution is 0.0766. The number of carbonyl (C=O) groups excluding carboxylic acids is 2. The quantitative estimate of drug-likeness (QED) is 0.757. The van der Waals surface area contributed by atoms with Gasteiger partial charge in [-0.2, -0.15) is 0 Å². The summed E-state index contributed by atoms with van der Waals surface area (Å²) < 4.78 is 9.18. The number of benzene rings is 2. The van der Waals surface area contributed by atoms with Gasteiger partial charge in [-0.15, -0.1) is 0 Å². The molecule has 0 saturated carbocycles. The molecule has 0 fully saturated rings. The van der Waals surface area contributed by atoms with Gasteiger partial charge in [-0.1, -0.05) is 31.2 Å². The predicted octanol–water partition coefficient (Wildman–Crippen LogP) is 3.69. The summed E-state index contributed by atoms with van der Waals surface area (Å²) in [6, 6.07) is 13.8. The molecular weight excluding hydrogens is 336 g/mol. The van der Waals surface area contributed by atoms with Crippen molar-refractivity contribution in [2.45, 2.75) is 18.9 Å². The summed E-state index contributed by atoms with van der Waals surface area (Å²) in [4.78, 5) is 22.8. The highest BCUT2D eigenvalue weighted by atomic mass is 16.5. The first-order valence-electron chi connectivity index (χ1n) is 8.06. The second-order valence-corrected chi connectivity index (χ2v) is 5.61. The van der Waals surface area contributed by atoms with Crippen LogP contribution in [0.1, 0.15) is 24.5 Å².